The van der Waals surface area contributed by atoms with E-state index < -0.39 is 0 Å². The van der Waals surface area contributed by atoms with Crippen molar-refractivity contribution in [1.82, 2.24) is 5.32 Å². The lowest BCUT2D eigenvalue weighted by molar-refractivity contribution is 0.101. The average Bonchev–Trinajstić information content (AvgIpc) is 2.96. The van der Waals surface area contributed by atoms with Gasteiger partial charge in [-0.05, 0) is 57.6 Å². The molecule has 1 fully saturated rings. The Hall–Kier alpha value is -0.860. The minimum absolute atomic E-state index is 0.497. The highest BCUT2D eigenvalue weighted by molar-refractivity contribution is 5.25. The third-order valence-corrected chi connectivity index (χ3v) is 4.13. The largest absolute Gasteiger partial charge is 0.378 e. The van der Waals surface area contributed by atoms with Crippen molar-refractivity contribution in [3.8, 4) is 0 Å². The highest BCUT2D eigenvalue weighted by Gasteiger charge is 2.16. The van der Waals surface area contributed by atoms with Gasteiger partial charge in [0.05, 0.1) is 6.10 Å². The third-order valence-electron chi connectivity index (χ3n) is 4.13. The van der Waals surface area contributed by atoms with Crippen LogP contribution in [-0.4, -0.2) is 19.3 Å². The fraction of sp³-hybridized carbons (Fsp3) is 0.667. The number of hydrogen-bond donors (Lipinski definition) is 1. The molecular weight excluding hydrogens is 246 g/mol. The van der Waals surface area contributed by atoms with Crippen LogP contribution in [0, 0.1) is 6.92 Å². The molecule has 0 amide bonds. The van der Waals surface area contributed by atoms with Crippen LogP contribution >= 0.6 is 0 Å². The van der Waals surface area contributed by atoms with Gasteiger partial charge >= 0.3 is 0 Å². The number of rotatable bonds is 8. The van der Waals surface area contributed by atoms with Crippen molar-refractivity contribution in [1.29, 1.82) is 0 Å². The van der Waals surface area contributed by atoms with Crippen LogP contribution in [0.25, 0.3) is 0 Å². The van der Waals surface area contributed by atoms with Gasteiger partial charge < -0.3 is 10.1 Å². The Bertz CT molecular complexity index is 385. The molecule has 1 aromatic carbocycles. The zero-order valence-electron chi connectivity index (χ0n) is 13.0. The van der Waals surface area contributed by atoms with Gasteiger partial charge in [-0.2, -0.15) is 0 Å². The molecule has 0 aromatic heterocycles. The number of nitrogens with one attached hydrogen (secondary N) is 1. The van der Waals surface area contributed by atoms with E-state index >= 15 is 0 Å². The second kappa shape index (κ2) is 8.43. The van der Waals surface area contributed by atoms with E-state index in [1.165, 1.54) is 49.7 Å². The lowest BCUT2D eigenvalue weighted by Gasteiger charge is -2.20. The van der Waals surface area contributed by atoms with E-state index in [0.717, 1.165) is 13.2 Å². The smallest absolute Gasteiger partial charge is 0.0576 e. The molecular formula is C18H29NO. The van der Waals surface area contributed by atoms with Gasteiger partial charge in [-0.3, -0.25) is 0 Å². The van der Waals surface area contributed by atoms with Crippen LogP contribution in [0.1, 0.15) is 62.6 Å². The summed E-state index contributed by atoms with van der Waals surface area (Å²) in [6.45, 7) is 6.47. The standard InChI is InChI=1S/C18H29NO/c1-3-12-19-18(16-8-4-7-15(2)14-16)11-5-9-17-10-6-13-20-17/h4,7-8,14,17-19H,3,5-6,9-13H2,1-2H3. The van der Waals surface area contributed by atoms with E-state index in [1.54, 1.807) is 0 Å². The molecule has 0 spiro atoms. The van der Waals surface area contributed by atoms with Crippen LogP contribution < -0.4 is 5.32 Å². The van der Waals surface area contributed by atoms with Crippen molar-refractivity contribution in [2.75, 3.05) is 13.2 Å². The summed E-state index contributed by atoms with van der Waals surface area (Å²) in [6, 6.07) is 9.42. The molecule has 1 aromatic rings. The molecule has 2 nitrogen and oxygen atoms in total. The van der Waals surface area contributed by atoms with E-state index in [2.05, 4.69) is 43.4 Å². The quantitative estimate of drug-likeness (QED) is 0.760. The van der Waals surface area contributed by atoms with Gasteiger partial charge in [-0.25, -0.2) is 0 Å². The van der Waals surface area contributed by atoms with Gasteiger partial charge in [0.2, 0.25) is 0 Å². The molecule has 1 N–H and O–H groups in total. The molecule has 1 heterocycles. The van der Waals surface area contributed by atoms with Crippen LogP contribution in [0.2, 0.25) is 0 Å². The maximum atomic E-state index is 5.72. The van der Waals surface area contributed by atoms with Gasteiger partial charge in [0.25, 0.3) is 0 Å². The normalized spacial score (nSPS) is 20.2. The second-order valence-corrected chi connectivity index (χ2v) is 5.99. The number of aryl methyl sites for hydroxylation is 1. The Morgan fingerprint density at radius 2 is 2.30 bits per heavy atom. The lowest BCUT2D eigenvalue weighted by atomic mass is 9.98. The van der Waals surface area contributed by atoms with Crippen molar-refractivity contribution < 1.29 is 4.74 Å². The Balaban J connectivity index is 1.85. The first-order chi connectivity index (χ1) is 9.79. The maximum Gasteiger partial charge on any atom is 0.0576 e. The van der Waals surface area contributed by atoms with E-state index in [4.69, 9.17) is 4.74 Å². The van der Waals surface area contributed by atoms with E-state index in [0.29, 0.717) is 12.1 Å². The van der Waals surface area contributed by atoms with Crippen molar-refractivity contribution in [3.63, 3.8) is 0 Å². The zero-order valence-corrected chi connectivity index (χ0v) is 13.0. The monoisotopic (exact) mass is 275 g/mol. The van der Waals surface area contributed by atoms with Crippen molar-refractivity contribution in [2.24, 2.45) is 0 Å². The Kier molecular flexibility index (Phi) is 6.55. The van der Waals surface area contributed by atoms with Crippen molar-refractivity contribution in [3.05, 3.63) is 35.4 Å². The van der Waals surface area contributed by atoms with Crippen LogP contribution in [0.4, 0.5) is 0 Å². The predicted molar refractivity (Wildman–Crippen MR) is 85.0 cm³/mol. The van der Waals surface area contributed by atoms with Gasteiger partial charge in [0.15, 0.2) is 0 Å². The molecule has 1 aliphatic heterocycles. The van der Waals surface area contributed by atoms with E-state index in [1.807, 2.05) is 0 Å². The Labute approximate surface area is 123 Å². The van der Waals surface area contributed by atoms with Gasteiger partial charge in [0.1, 0.15) is 0 Å². The van der Waals surface area contributed by atoms with Crippen LogP contribution in [0.15, 0.2) is 24.3 Å². The summed E-state index contributed by atoms with van der Waals surface area (Å²) in [6.07, 6.45) is 7.91. The molecule has 2 heteroatoms. The number of hydrogen-bond acceptors (Lipinski definition) is 2. The third kappa shape index (κ3) is 4.92. The number of ether oxygens (including phenoxy) is 1. The first kappa shape index (κ1) is 15.5. The molecule has 1 saturated heterocycles. The van der Waals surface area contributed by atoms with Crippen molar-refractivity contribution >= 4 is 0 Å². The average molecular weight is 275 g/mol. The van der Waals surface area contributed by atoms with Crippen LogP contribution in [-0.2, 0) is 4.74 Å². The topological polar surface area (TPSA) is 21.3 Å². The van der Waals surface area contributed by atoms with E-state index in [-0.39, 0.29) is 0 Å². The Morgan fingerprint density at radius 1 is 1.40 bits per heavy atom. The van der Waals surface area contributed by atoms with Gasteiger partial charge in [-0.1, -0.05) is 36.8 Å². The number of benzene rings is 1. The minimum atomic E-state index is 0.497. The summed E-state index contributed by atoms with van der Waals surface area (Å²) < 4.78 is 5.72. The molecule has 2 rings (SSSR count). The molecule has 0 bridgehead atoms. The zero-order chi connectivity index (χ0) is 14.2. The van der Waals surface area contributed by atoms with Crippen LogP contribution in [0.5, 0.6) is 0 Å². The molecule has 1 aliphatic rings. The lowest BCUT2D eigenvalue weighted by Crippen LogP contribution is -2.22. The van der Waals surface area contributed by atoms with Crippen LogP contribution in [0.3, 0.4) is 0 Å². The summed E-state index contributed by atoms with van der Waals surface area (Å²) in [7, 11) is 0. The fourth-order valence-electron chi connectivity index (χ4n) is 3.01. The van der Waals surface area contributed by atoms with Crippen molar-refractivity contribution in [2.45, 2.75) is 64.5 Å². The predicted octanol–water partition coefficient (Wildman–Crippen LogP) is 4.39. The summed E-state index contributed by atoms with van der Waals surface area (Å²) in [5.74, 6) is 0. The molecule has 0 saturated carbocycles. The second-order valence-electron chi connectivity index (χ2n) is 5.99. The highest BCUT2D eigenvalue weighted by atomic mass is 16.5. The fourth-order valence-corrected chi connectivity index (χ4v) is 3.01. The highest BCUT2D eigenvalue weighted by Crippen LogP contribution is 2.24. The molecule has 2 unspecified atom stereocenters. The molecule has 112 valence electrons. The van der Waals surface area contributed by atoms with Gasteiger partial charge in [-0.15, -0.1) is 0 Å². The van der Waals surface area contributed by atoms with E-state index in [9.17, 15) is 0 Å². The first-order valence-corrected chi connectivity index (χ1v) is 8.21. The molecule has 0 aliphatic carbocycles. The molecule has 2 atom stereocenters. The van der Waals surface area contributed by atoms with Gasteiger partial charge in [0, 0.05) is 12.6 Å². The summed E-state index contributed by atoms with van der Waals surface area (Å²) in [5, 5.41) is 3.70. The Morgan fingerprint density at radius 3 is 3.00 bits per heavy atom. The molecule has 0 radical (unpaired) electrons. The summed E-state index contributed by atoms with van der Waals surface area (Å²) in [4.78, 5) is 0. The maximum absolute atomic E-state index is 5.72. The molecule has 20 heavy (non-hydrogen) atoms. The first-order valence-electron chi connectivity index (χ1n) is 8.21. The summed E-state index contributed by atoms with van der Waals surface area (Å²) >= 11 is 0. The SMILES string of the molecule is CCCNC(CCCC1CCCO1)c1cccc(C)c1. The minimum Gasteiger partial charge on any atom is -0.378 e. The summed E-state index contributed by atoms with van der Waals surface area (Å²) in [5.41, 5.74) is 2.79.